The second-order valence-electron chi connectivity index (χ2n) is 2.92. The lowest BCUT2D eigenvalue weighted by Gasteiger charge is -2.00. The van der Waals surface area contributed by atoms with Crippen molar-refractivity contribution in [2.75, 3.05) is 5.32 Å². The number of carbonyl (C=O) groups is 1. The zero-order valence-corrected chi connectivity index (χ0v) is 7.35. The Kier molecular flexibility index (Phi) is 1.58. The van der Waals surface area contributed by atoms with Gasteiger partial charge in [-0.1, -0.05) is 23.7 Å². The summed E-state index contributed by atoms with van der Waals surface area (Å²) in [5, 5.41) is 3.36. The molecule has 0 aliphatic carbocycles. The molecule has 0 aromatic heterocycles. The third-order valence-electron chi connectivity index (χ3n) is 2.15. The average molecular weight is 182 g/mol. The van der Waals surface area contributed by atoms with Gasteiger partial charge in [0.25, 0.3) is 0 Å². The number of carbonyl (C=O) groups excluding carboxylic acids is 1. The SMILES string of the molecule is C[C@H]1C(=O)Nc2c(Cl)cccc21. The molecule has 1 aromatic carbocycles. The van der Waals surface area contributed by atoms with E-state index < -0.39 is 0 Å². The summed E-state index contributed by atoms with van der Waals surface area (Å²) in [5.74, 6) is -0.0446. The van der Waals surface area contributed by atoms with Gasteiger partial charge in [0.05, 0.1) is 16.6 Å². The van der Waals surface area contributed by atoms with Crippen LogP contribution in [-0.2, 0) is 4.79 Å². The predicted molar refractivity (Wildman–Crippen MR) is 48.5 cm³/mol. The maximum absolute atomic E-state index is 11.2. The van der Waals surface area contributed by atoms with E-state index in [0.717, 1.165) is 11.3 Å². The molecule has 1 N–H and O–H groups in total. The third kappa shape index (κ3) is 0.916. The summed E-state index contributed by atoms with van der Waals surface area (Å²) in [6.07, 6.45) is 0. The van der Waals surface area contributed by atoms with E-state index in [1.807, 2.05) is 19.1 Å². The van der Waals surface area contributed by atoms with Gasteiger partial charge in [-0.25, -0.2) is 0 Å². The number of benzene rings is 1. The lowest BCUT2D eigenvalue weighted by molar-refractivity contribution is -0.116. The molecule has 0 radical (unpaired) electrons. The van der Waals surface area contributed by atoms with E-state index >= 15 is 0 Å². The Hall–Kier alpha value is -1.02. The largest absolute Gasteiger partial charge is 0.324 e. The van der Waals surface area contributed by atoms with Gasteiger partial charge in [-0.3, -0.25) is 4.79 Å². The number of para-hydroxylation sites is 1. The van der Waals surface area contributed by atoms with Crippen LogP contribution < -0.4 is 5.32 Å². The smallest absolute Gasteiger partial charge is 0.231 e. The molecule has 3 heteroatoms. The van der Waals surface area contributed by atoms with Gasteiger partial charge in [-0.15, -0.1) is 0 Å². The van der Waals surface area contributed by atoms with Gasteiger partial charge in [0.2, 0.25) is 5.91 Å². The quantitative estimate of drug-likeness (QED) is 0.654. The molecule has 0 fully saturated rings. The molecule has 1 atom stereocenters. The van der Waals surface area contributed by atoms with Crippen LogP contribution in [0.4, 0.5) is 5.69 Å². The molecule has 2 rings (SSSR count). The Balaban J connectivity index is 2.60. The molecule has 0 unspecified atom stereocenters. The fraction of sp³-hybridized carbons (Fsp3) is 0.222. The monoisotopic (exact) mass is 181 g/mol. The fourth-order valence-corrected chi connectivity index (χ4v) is 1.64. The van der Waals surface area contributed by atoms with Gasteiger partial charge in [-0.2, -0.15) is 0 Å². The van der Waals surface area contributed by atoms with Crippen LogP contribution in [-0.4, -0.2) is 5.91 Å². The minimum absolute atomic E-state index is 0.0260. The Morgan fingerprint density at radius 2 is 2.25 bits per heavy atom. The molecule has 0 saturated carbocycles. The Labute approximate surface area is 75.5 Å². The maximum atomic E-state index is 11.2. The molecule has 0 spiro atoms. The summed E-state index contributed by atoms with van der Waals surface area (Å²) in [6, 6.07) is 5.56. The van der Waals surface area contributed by atoms with E-state index in [0.29, 0.717) is 5.02 Å². The molecule has 2 nitrogen and oxygen atoms in total. The highest BCUT2D eigenvalue weighted by atomic mass is 35.5. The molecule has 1 heterocycles. The van der Waals surface area contributed by atoms with E-state index in [1.54, 1.807) is 6.07 Å². The van der Waals surface area contributed by atoms with Crippen molar-refractivity contribution in [1.82, 2.24) is 0 Å². The topological polar surface area (TPSA) is 29.1 Å². The van der Waals surface area contributed by atoms with Crippen molar-refractivity contribution in [3.8, 4) is 0 Å². The number of hydrogen-bond donors (Lipinski definition) is 1. The van der Waals surface area contributed by atoms with Crippen molar-refractivity contribution in [1.29, 1.82) is 0 Å². The van der Waals surface area contributed by atoms with Crippen molar-refractivity contribution in [3.63, 3.8) is 0 Å². The van der Waals surface area contributed by atoms with E-state index in [9.17, 15) is 4.79 Å². The number of hydrogen-bond acceptors (Lipinski definition) is 1. The van der Waals surface area contributed by atoms with Crippen LogP contribution >= 0.6 is 11.6 Å². The van der Waals surface area contributed by atoms with Gasteiger partial charge in [0.1, 0.15) is 0 Å². The highest BCUT2D eigenvalue weighted by Crippen LogP contribution is 2.36. The minimum Gasteiger partial charge on any atom is -0.324 e. The summed E-state index contributed by atoms with van der Waals surface area (Å²) >= 11 is 5.89. The van der Waals surface area contributed by atoms with E-state index in [4.69, 9.17) is 11.6 Å². The van der Waals surface area contributed by atoms with Crippen molar-refractivity contribution in [2.45, 2.75) is 12.8 Å². The third-order valence-corrected chi connectivity index (χ3v) is 2.47. The molecule has 1 aliphatic heterocycles. The first-order valence-electron chi connectivity index (χ1n) is 3.79. The molecular weight excluding hydrogens is 174 g/mol. The summed E-state index contributed by atoms with van der Waals surface area (Å²) in [7, 11) is 0. The fourth-order valence-electron chi connectivity index (χ4n) is 1.41. The van der Waals surface area contributed by atoms with Gasteiger partial charge >= 0.3 is 0 Å². The van der Waals surface area contributed by atoms with Crippen LogP contribution in [0.25, 0.3) is 0 Å². The average Bonchev–Trinajstić information content (AvgIpc) is 2.32. The van der Waals surface area contributed by atoms with E-state index in [1.165, 1.54) is 0 Å². The summed E-state index contributed by atoms with van der Waals surface area (Å²) in [5.41, 5.74) is 1.77. The zero-order valence-electron chi connectivity index (χ0n) is 6.60. The van der Waals surface area contributed by atoms with Crippen LogP contribution in [0, 0.1) is 0 Å². The molecule has 12 heavy (non-hydrogen) atoms. The molecule has 1 aliphatic rings. The van der Waals surface area contributed by atoms with Crippen molar-refractivity contribution in [2.24, 2.45) is 0 Å². The Morgan fingerprint density at radius 3 is 2.92 bits per heavy atom. The van der Waals surface area contributed by atoms with E-state index in [2.05, 4.69) is 5.32 Å². The van der Waals surface area contributed by atoms with Crippen LogP contribution in [0.15, 0.2) is 18.2 Å². The van der Waals surface area contributed by atoms with Crippen molar-refractivity contribution in [3.05, 3.63) is 28.8 Å². The van der Waals surface area contributed by atoms with Gasteiger partial charge in [0.15, 0.2) is 0 Å². The number of nitrogens with one attached hydrogen (secondary N) is 1. The number of rotatable bonds is 0. The summed E-state index contributed by atoms with van der Waals surface area (Å²) < 4.78 is 0. The lowest BCUT2D eigenvalue weighted by atomic mass is 10.0. The summed E-state index contributed by atoms with van der Waals surface area (Å²) in [6.45, 7) is 1.87. The van der Waals surface area contributed by atoms with Crippen LogP contribution in [0.2, 0.25) is 5.02 Å². The number of amides is 1. The Morgan fingerprint density at radius 1 is 1.50 bits per heavy atom. The van der Waals surface area contributed by atoms with Crippen molar-refractivity contribution >= 4 is 23.2 Å². The highest BCUT2D eigenvalue weighted by Gasteiger charge is 2.27. The first-order chi connectivity index (χ1) is 5.70. The van der Waals surface area contributed by atoms with Gasteiger partial charge < -0.3 is 5.32 Å². The first kappa shape index (κ1) is 7.62. The molecule has 1 amide bonds. The normalized spacial score (nSPS) is 20.5. The van der Waals surface area contributed by atoms with Gasteiger partial charge in [0, 0.05) is 0 Å². The molecule has 62 valence electrons. The lowest BCUT2D eigenvalue weighted by Crippen LogP contribution is -2.08. The Bertz CT molecular complexity index is 348. The number of anilines is 1. The van der Waals surface area contributed by atoms with Crippen LogP contribution in [0.5, 0.6) is 0 Å². The predicted octanol–water partition coefficient (Wildman–Crippen LogP) is 2.40. The first-order valence-corrected chi connectivity index (χ1v) is 4.17. The second kappa shape index (κ2) is 2.49. The summed E-state index contributed by atoms with van der Waals surface area (Å²) in [4.78, 5) is 11.2. The molecule has 1 aromatic rings. The minimum atomic E-state index is -0.0706. The molecule has 0 saturated heterocycles. The van der Waals surface area contributed by atoms with Crippen LogP contribution in [0.3, 0.4) is 0 Å². The maximum Gasteiger partial charge on any atom is 0.231 e. The zero-order chi connectivity index (χ0) is 8.72. The van der Waals surface area contributed by atoms with E-state index in [-0.39, 0.29) is 11.8 Å². The highest BCUT2D eigenvalue weighted by molar-refractivity contribution is 6.34. The van der Waals surface area contributed by atoms with Crippen molar-refractivity contribution < 1.29 is 4.79 Å². The number of halogens is 1. The van der Waals surface area contributed by atoms with Gasteiger partial charge in [-0.05, 0) is 18.6 Å². The molecular formula is C9H8ClNO. The second-order valence-corrected chi connectivity index (χ2v) is 3.32. The number of fused-ring (bicyclic) bond motifs is 1. The van der Waals surface area contributed by atoms with Crippen LogP contribution in [0.1, 0.15) is 18.4 Å². The molecule has 0 bridgehead atoms. The standard InChI is InChI=1S/C9H8ClNO/c1-5-6-3-2-4-7(10)8(6)11-9(5)12/h2-5H,1H3,(H,11,12)/t5-/m1/s1.